The van der Waals surface area contributed by atoms with Gasteiger partial charge in [-0.2, -0.15) is 0 Å². The number of rotatable bonds is 35. The molecule has 0 aliphatic heterocycles. The van der Waals surface area contributed by atoms with Crippen LogP contribution in [-0.2, 0) is 32.7 Å². The summed E-state index contributed by atoms with van der Waals surface area (Å²) in [5.41, 5.74) is 5.33. The van der Waals surface area contributed by atoms with Crippen LogP contribution in [0.2, 0.25) is 0 Å². The van der Waals surface area contributed by atoms with Crippen molar-refractivity contribution in [2.75, 3.05) is 26.4 Å². The summed E-state index contributed by atoms with van der Waals surface area (Å²) in [7, 11) is -4.42. The Morgan fingerprint density at radius 3 is 1.57 bits per heavy atom. The van der Waals surface area contributed by atoms with Gasteiger partial charge < -0.3 is 25.2 Å². The molecule has 0 saturated carbocycles. The topological polar surface area (TPSA) is 155 Å². The molecule has 0 spiro atoms. The van der Waals surface area contributed by atoms with Crippen molar-refractivity contribution < 1.29 is 42.7 Å². The Balaban J connectivity index is 4.45. The third kappa shape index (κ3) is 38.6. The molecule has 4 N–H and O–H groups in total. The summed E-state index contributed by atoms with van der Waals surface area (Å²) < 4.78 is 32.6. The molecule has 0 saturated heterocycles. The van der Waals surface area contributed by atoms with Crippen molar-refractivity contribution in [2.45, 2.75) is 122 Å². The molecule has 1 unspecified atom stereocenters. The number of hydrogen-bond donors (Lipinski definition) is 3. The van der Waals surface area contributed by atoms with Crippen LogP contribution in [0.5, 0.6) is 0 Å². The molecular formula is C45H70NO9P. The lowest BCUT2D eigenvalue weighted by Crippen LogP contribution is -2.29. The number of phosphoric ester groups is 1. The number of unbranched alkanes of at least 4 members (excludes halogenated alkanes) is 2. The number of carbonyl (C=O) groups is 2. The lowest BCUT2D eigenvalue weighted by Gasteiger charge is -2.19. The molecular weight excluding hydrogens is 729 g/mol. The van der Waals surface area contributed by atoms with Crippen molar-refractivity contribution in [3.8, 4) is 0 Å². The fourth-order valence-corrected chi connectivity index (χ4v) is 5.18. The molecule has 56 heavy (non-hydrogen) atoms. The lowest BCUT2D eigenvalue weighted by molar-refractivity contribution is -0.161. The first-order chi connectivity index (χ1) is 27.2. The minimum atomic E-state index is -4.42. The van der Waals surface area contributed by atoms with Crippen molar-refractivity contribution in [3.05, 3.63) is 122 Å². The first-order valence-electron chi connectivity index (χ1n) is 20.1. The number of carbonyl (C=O) groups excluding carboxylic acids is 2. The van der Waals surface area contributed by atoms with Crippen LogP contribution in [0.1, 0.15) is 110 Å². The zero-order chi connectivity index (χ0) is 41.2. The molecule has 11 heteroatoms. The second kappa shape index (κ2) is 39.6. The van der Waals surface area contributed by atoms with Crippen molar-refractivity contribution in [1.82, 2.24) is 0 Å². The quantitative estimate of drug-likeness (QED) is 0.0185. The average molecular weight is 800 g/mol. The molecule has 314 valence electrons. The Morgan fingerprint density at radius 2 is 1.09 bits per heavy atom. The molecule has 10 nitrogen and oxygen atoms in total. The van der Waals surface area contributed by atoms with E-state index in [2.05, 4.69) is 85.9 Å². The number of allylic oxidation sites excluding steroid dienone is 19. The van der Waals surface area contributed by atoms with E-state index in [1.165, 1.54) is 0 Å². The van der Waals surface area contributed by atoms with E-state index in [1.54, 1.807) is 6.08 Å². The van der Waals surface area contributed by atoms with Gasteiger partial charge in [0, 0.05) is 19.4 Å². The van der Waals surface area contributed by atoms with Gasteiger partial charge in [-0.1, -0.05) is 135 Å². The molecule has 0 aliphatic rings. The van der Waals surface area contributed by atoms with E-state index in [4.69, 9.17) is 24.3 Å². The summed E-state index contributed by atoms with van der Waals surface area (Å²) in [4.78, 5) is 34.8. The Morgan fingerprint density at radius 1 is 0.625 bits per heavy atom. The zero-order valence-corrected chi connectivity index (χ0v) is 34.8. The number of hydrogen-bond acceptors (Lipinski definition) is 9. The second-order valence-corrected chi connectivity index (χ2v) is 14.0. The van der Waals surface area contributed by atoms with E-state index in [-0.39, 0.29) is 38.7 Å². The summed E-state index contributed by atoms with van der Waals surface area (Å²) in [6.07, 6.45) is 50.5. The van der Waals surface area contributed by atoms with Gasteiger partial charge in [0.2, 0.25) is 0 Å². The zero-order valence-electron chi connectivity index (χ0n) is 33.9. The molecule has 0 fully saturated rings. The minimum absolute atomic E-state index is 0.0232. The molecule has 0 rings (SSSR count). The third-order valence-electron chi connectivity index (χ3n) is 7.50. The van der Waals surface area contributed by atoms with Crippen molar-refractivity contribution in [2.24, 2.45) is 5.73 Å². The third-order valence-corrected chi connectivity index (χ3v) is 8.48. The smallest absolute Gasteiger partial charge is 0.462 e. The number of aliphatic hydroxyl groups is 1. The van der Waals surface area contributed by atoms with E-state index in [1.807, 2.05) is 43.4 Å². The van der Waals surface area contributed by atoms with E-state index >= 15 is 0 Å². The number of ether oxygens (including phenoxy) is 2. The number of aliphatic hydroxyl groups excluding tert-OH is 1. The first-order valence-corrected chi connectivity index (χ1v) is 21.6. The van der Waals surface area contributed by atoms with Crippen molar-refractivity contribution in [3.63, 3.8) is 0 Å². The predicted octanol–water partition coefficient (Wildman–Crippen LogP) is 10.3. The Kier molecular flexibility index (Phi) is 37.0. The van der Waals surface area contributed by atoms with Gasteiger partial charge in [-0.05, 0) is 83.5 Å². The first kappa shape index (κ1) is 52.4. The van der Waals surface area contributed by atoms with Crippen molar-refractivity contribution >= 4 is 19.8 Å². The van der Waals surface area contributed by atoms with Crippen LogP contribution in [0.3, 0.4) is 0 Å². The standard InChI is InChI=1S/C45H70NO9P/c1-3-5-6-7-8-9-10-11-12-13-14-18-21-24-27-30-33-36-44(48)52-40-43(41-54-56(50,51)53-39-38-46)55-45(49)37-34-31-28-25-22-19-16-15-17-20-23-26-29-32-35-42(47)4-2/h5-6,8-9,11-12,14,16-20,24-29,32,35,42-43,47H,3-4,7,10,13,15,21-23,30-31,33-34,36-41,46H2,1-2H3,(H,50,51)/b6-5-,9-8-,12-11-,18-14-,19-16-,20-17-,27-24-,28-25-,29-26-,35-32+/t42-,43-/m1/s1. The minimum Gasteiger partial charge on any atom is -0.462 e. The Hall–Kier alpha value is -3.63. The number of esters is 2. The Labute approximate surface area is 337 Å². The van der Waals surface area contributed by atoms with E-state index < -0.39 is 32.5 Å². The fourth-order valence-electron chi connectivity index (χ4n) is 4.42. The summed E-state index contributed by atoms with van der Waals surface area (Å²) in [5, 5.41) is 9.47. The van der Waals surface area contributed by atoms with Gasteiger partial charge in [0.05, 0.1) is 19.3 Å². The van der Waals surface area contributed by atoms with Crippen LogP contribution in [0, 0.1) is 0 Å². The van der Waals surface area contributed by atoms with Gasteiger partial charge in [-0.3, -0.25) is 18.6 Å². The van der Waals surface area contributed by atoms with Crippen LogP contribution in [0.25, 0.3) is 0 Å². The molecule has 0 aliphatic carbocycles. The largest absolute Gasteiger partial charge is 0.472 e. The van der Waals surface area contributed by atoms with Gasteiger partial charge >= 0.3 is 19.8 Å². The van der Waals surface area contributed by atoms with Gasteiger partial charge in [-0.15, -0.1) is 0 Å². The van der Waals surface area contributed by atoms with Crippen LogP contribution in [0.4, 0.5) is 0 Å². The lowest BCUT2D eigenvalue weighted by atomic mass is 10.2. The SMILES string of the molecule is CC/C=C\C/C=C\C/C=C\C/C=C\C/C=C\CCCC(=O)OC[C@H](COP(=O)(O)OCCN)OC(=O)CCC/C=C\C/C=C\C/C=C\C/C=C\C=C\[C@H](O)CC. The van der Waals surface area contributed by atoms with Crippen LogP contribution in [-0.4, -0.2) is 60.5 Å². The van der Waals surface area contributed by atoms with Gasteiger partial charge in [0.1, 0.15) is 6.61 Å². The van der Waals surface area contributed by atoms with Gasteiger partial charge in [0.15, 0.2) is 6.10 Å². The number of phosphoric acid groups is 1. The summed E-state index contributed by atoms with van der Waals surface area (Å²) >= 11 is 0. The summed E-state index contributed by atoms with van der Waals surface area (Å²) in [5.74, 6) is -1.00. The van der Waals surface area contributed by atoms with Crippen LogP contribution >= 0.6 is 7.82 Å². The number of nitrogens with two attached hydrogens (primary N) is 1. The Bertz CT molecular complexity index is 1340. The van der Waals surface area contributed by atoms with E-state index in [9.17, 15) is 24.2 Å². The molecule has 0 heterocycles. The second-order valence-electron chi connectivity index (χ2n) is 12.6. The van der Waals surface area contributed by atoms with Gasteiger partial charge in [-0.25, -0.2) is 4.57 Å². The van der Waals surface area contributed by atoms with Crippen molar-refractivity contribution in [1.29, 1.82) is 0 Å². The van der Waals surface area contributed by atoms with Crippen LogP contribution in [0.15, 0.2) is 122 Å². The molecule has 3 atom stereocenters. The highest BCUT2D eigenvalue weighted by Crippen LogP contribution is 2.43. The molecule has 0 aromatic rings. The van der Waals surface area contributed by atoms with Gasteiger partial charge in [0.25, 0.3) is 0 Å². The maximum atomic E-state index is 12.5. The highest BCUT2D eigenvalue weighted by molar-refractivity contribution is 7.47. The van der Waals surface area contributed by atoms with Crippen LogP contribution < -0.4 is 5.73 Å². The highest BCUT2D eigenvalue weighted by atomic mass is 31.2. The molecule has 0 radical (unpaired) electrons. The molecule has 0 aromatic heterocycles. The molecule has 0 amide bonds. The maximum Gasteiger partial charge on any atom is 0.472 e. The predicted molar refractivity (Wildman–Crippen MR) is 230 cm³/mol. The molecule has 0 bridgehead atoms. The average Bonchev–Trinajstić information content (AvgIpc) is 3.18. The summed E-state index contributed by atoms with van der Waals surface area (Å²) in [6.45, 7) is 3.10. The van der Waals surface area contributed by atoms with E-state index in [0.717, 1.165) is 51.4 Å². The fraction of sp³-hybridized carbons (Fsp3) is 0.511. The molecule has 0 aromatic carbocycles. The normalized spacial score (nSPS) is 15.2. The highest BCUT2D eigenvalue weighted by Gasteiger charge is 2.25. The monoisotopic (exact) mass is 799 g/mol. The maximum absolute atomic E-state index is 12.5. The van der Waals surface area contributed by atoms with E-state index in [0.29, 0.717) is 32.1 Å². The summed E-state index contributed by atoms with van der Waals surface area (Å²) in [6, 6.07) is 0.